The second kappa shape index (κ2) is 6.10. The average molecular weight is 293 g/mol. The molecule has 0 amide bonds. The number of thioether (sulfide) groups is 1. The second-order valence-corrected chi connectivity index (χ2v) is 7.81. The van der Waals surface area contributed by atoms with Gasteiger partial charge in [-0.2, -0.15) is 11.8 Å². The number of nitrogens with one attached hydrogen (secondary N) is 1. The first-order valence-electron chi connectivity index (χ1n) is 7.99. The van der Waals surface area contributed by atoms with Crippen LogP contribution in [0.15, 0.2) is 12.5 Å². The Morgan fingerprint density at radius 1 is 1.35 bits per heavy atom. The van der Waals surface area contributed by atoms with Gasteiger partial charge in [0.1, 0.15) is 0 Å². The Kier molecular flexibility index (Phi) is 4.41. The van der Waals surface area contributed by atoms with Gasteiger partial charge in [0.15, 0.2) is 0 Å². The van der Waals surface area contributed by atoms with Crippen LogP contribution in [-0.4, -0.2) is 34.1 Å². The van der Waals surface area contributed by atoms with Crippen molar-refractivity contribution in [3.63, 3.8) is 0 Å². The number of piperidine rings is 1. The minimum atomic E-state index is 0.314. The van der Waals surface area contributed by atoms with Crippen LogP contribution in [0, 0.1) is 0 Å². The molecule has 1 aromatic rings. The lowest BCUT2D eigenvalue weighted by atomic mass is 9.78. The Balaban J connectivity index is 1.82. The van der Waals surface area contributed by atoms with Crippen LogP contribution in [0.1, 0.15) is 57.2 Å². The van der Waals surface area contributed by atoms with E-state index in [1.165, 1.54) is 44.2 Å². The van der Waals surface area contributed by atoms with Crippen LogP contribution in [-0.2, 0) is 5.41 Å². The van der Waals surface area contributed by atoms with Crippen molar-refractivity contribution in [1.82, 2.24) is 14.9 Å². The van der Waals surface area contributed by atoms with Crippen LogP contribution in [0.3, 0.4) is 0 Å². The molecule has 20 heavy (non-hydrogen) atoms. The summed E-state index contributed by atoms with van der Waals surface area (Å²) in [6.45, 7) is 4.70. The van der Waals surface area contributed by atoms with Gasteiger partial charge in [0.2, 0.25) is 0 Å². The molecule has 1 aromatic heterocycles. The molecule has 4 heteroatoms. The van der Waals surface area contributed by atoms with Gasteiger partial charge in [-0.15, -0.1) is 0 Å². The maximum absolute atomic E-state index is 4.50. The highest BCUT2D eigenvalue weighted by Gasteiger charge is 2.34. The lowest BCUT2D eigenvalue weighted by Gasteiger charge is -2.38. The third kappa shape index (κ3) is 2.77. The average Bonchev–Trinajstić information content (AvgIpc) is 2.98. The standard InChI is InChI=1S/C16H27N3S/c1-16(6-8-17-9-7-16)15-11-18-12-19(15)13-4-3-5-14(10-13)20-2/h11-14,17H,3-10H2,1-2H3. The fourth-order valence-electron chi connectivity index (χ4n) is 3.88. The number of hydrogen-bond acceptors (Lipinski definition) is 3. The van der Waals surface area contributed by atoms with E-state index in [0.717, 1.165) is 18.3 Å². The van der Waals surface area contributed by atoms with E-state index in [4.69, 9.17) is 0 Å². The van der Waals surface area contributed by atoms with Crippen LogP contribution in [0.25, 0.3) is 0 Å². The normalized spacial score (nSPS) is 30.3. The first-order chi connectivity index (χ1) is 9.73. The van der Waals surface area contributed by atoms with Gasteiger partial charge in [0, 0.05) is 28.6 Å². The van der Waals surface area contributed by atoms with Gasteiger partial charge in [-0.05, 0) is 51.4 Å². The molecular weight excluding hydrogens is 266 g/mol. The fraction of sp³-hybridized carbons (Fsp3) is 0.812. The predicted molar refractivity (Wildman–Crippen MR) is 86.5 cm³/mol. The summed E-state index contributed by atoms with van der Waals surface area (Å²) in [6.07, 6.45) is 14.4. The van der Waals surface area contributed by atoms with Crippen molar-refractivity contribution in [2.24, 2.45) is 0 Å². The van der Waals surface area contributed by atoms with E-state index in [2.05, 4.69) is 40.6 Å². The Morgan fingerprint density at radius 3 is 2.90 bits per heavy atom. The second-order valence-electron chi connectivity index (χ2n) is 6.67. The molecule has 0 aromatic carbocycles. The third-order valence-corrected chi connectivity index (χ3v) is 6.41. The van der Waals surface area contributed by atoms with Gasteiger partial charge >= 0.3 is 0 Å². The SMILES string of the molecule is CSC1CCCC(n2cncc2C2(C)CCNCC2)C1. The molecule has 2 fully saturated rings. The van der Waals surface area contributed by atoms with Crippen LogP contribution in [0.2, 0.25) is 0 Å². The fourth-order valence-corrected chi connectivity index (χ4v) is 4.70. The summed E-state index contributed by atoms with van der Waals surface area (Å²) in [7, 11) is 0. The first kappa shape index (κ1) is 14.5. The van der Waals surface area contributed by atoms with Crippen molar-refractivity contribution >= 4 is 11.8 Å². The zero-order chi connectivity index (χ0) is 14.0. The molecule has 112 valence electrons. The van der Waals surface area contributed by atoms with Crippen molar-refractivity contribution in [1.29, 1.82) is 0 Å². The Labute approximate surface area is 126 Å². The summed E-state index contributed by atoms with van der Waals surface area (Å²) in [5.41, 5.74) is 1.79. The largest absolute Gasteiger partial charge is 0.331 e. The van der Waals surface area contributed by atoms with E-state index in [9.17, 15) is 0 Å². The zero-order valence-electron chi connectivity index (χ0n) is 12.8. The van der Waals surface area contributed by atoms with E-state index >= 15 is 0 Å². The highest BCUT2D eigenvalue weighted by atomic mass is 32.2. The summed E-state index contributed by atoms with van der Waals surface area (Å²) in [4.78, 5) is 4.50. The van der Waals surface area contributed by atoms with Gasteiger partial charge in [-0.1, -0.05) is 13.3 Å². The topological polar surface area (TPSA) is 29.9 Å². The van der Waals surface area contributed by atoms with E-state index in [1.807, 2.05) is 11.8 Å². The minimum absolute atomic E-state index is 0.314. The van der Waals surface area contributed by atoms with E-state index in [0.29, 0.717) is 11.5 Å². The zero-order valence-corrected chi connectivity index (χ0v) is 13.6. The highest BCUT2D eigenvalue weighted by Crippen LogP contribution is 2.39. The molecule has 0 radical (unpaired) electrons. The molecule has 2 heterocycles. The molecule has 1 saturated carbocycles. The molecule has 1 aliphatic carbocycles. The first-order valence-corrected chi connectivity index (χ1v) is 9.27. The van der Waals surface area contributed by atoms with Crippen LogP contribution in [0.4, 0.5) is 0 Å². The molecule has 0 spiro atoms. The van der Waals surface area contributed by atoms with Crippen molar-refractivity contribution < 1.29 is 0 Å². The van der Waals surface area contributed by atoms with E-state index < -0.39 is 0 Å². The maximum Gasteiger partial charge on any atom is 0.0950 e. The molecule has 3 nitrogen and oxygen atoms in total. The molecule has 1 aliphatic heterocycles. The summed E-state index contributed by atoms with van der Waals surface area (Å²) in [6, 6.07) is 0.672. The summed E-state index contributed by atoms with van der Waals surface area (Å²) < 4.78 is 2.52. The lowest BCUT2D eigenvalue weighted by Crippen LogP contribution is -2.39. The molecule has 0 bridgehead atoms. The number of imidazole rings is 1. The lowest BCUT2D eigenvalue weighted by molar-refractivity contribution is 0.288. The number of rotatable bonds is 3. The summed E-state index contributed by atoms with van der Waals surface area (Å²) >= 11 is 2.04. The van der Waals surface area contributed by atoms with Crippen molar-refractivity contribution in [3.8, 4) is 0 Å². The molecule has 3 rings (SSSR count). The molecule has 2 unspecified atom stereocenters. The van der Waals surface area contributed by atoms with Crippen molar-refractivity contribution in [2.45, 2.75) is 62.2 Å². The molecule has 1 N–H and O–H groups in total. The monoisotopic (exact) mass is 293 g/mol. The number of hydrogen-bond donors (Lipinski definition) is 1. The van der Waals surface area contributed by atoms with Crippen molar-refractivity contribution in [3.05, 3.63) is 18.2 Å². The van der Waals surface area contributed by atoms with E-state index in [1.54, 1.807) is 0 Å². The molecule has 2 aliphatic rings. The molecular formula is C16H27N3S. The summed E-state index contributed by atoms with van der Waals surface area (Å²) in [5.74, 6) is 0. The van der Waals surface area contributed by atoms with Gasteiger partial charge < -0.3 is 9.88 Å². The van der Waals surface area contributed by atoms with Gasteiger partial charge in [0.25, 0.3) is 0 Å². The third-order valence-electron chi connectivity index (χ3n) is 5.32. The molecule has 1 saturated heterocycles. The van der Waals surface area contributed by atoms with Gasteiger partial charge in [-0.3, -0.25) is 0 Å². The molecule has 2 atom stereocenters. The number of aromatic nitrogens is 2. The maximum atomic E-state index is 4.50. The Bertz CT molecular complexity index is 437. The van der Waals surface area contributed by atoms with Crippen LogP contribution in [0.5, 0.6) is 0 Å². The summed E-state index contributed by atoms with van der Waals surface area (Å²) in [5, 5.41) is 4.32. The van der Waals surface area contributed by atoms with Crippen LogP contribution < -0.4 is 5.32 Å². The van der Waals surface area contributed by atoms with Gasteiger partial charge in [-0.25, -0.2) is 4.98 Å². The Morgan fingerprint density at radius 2 is 2.15 bits per heavy atom. The van der Waals surface area contributed by atoms with E-state index in [-0.39, 0.29) is 0 Å². The smallest absolute Gasteiger partial charge is 0.0950 e. The minimum Gasteiger partial charge on any atom is -0.331 e. The quantitative estimate of drug-likeness (QED) is 0.926. The Hall–Kier alpha value is -0.480. The highest BCUT2D eigenvalue weighted by molar-refractivity contribution is 7.99. The van der Waals surface area contributed by atoms with Crippen molar-refractivity contribution in [2.75, 3.05) is 19.3 Å². The number of nitrogens with zero attached hydrogens (tertiary/aromatic N) is 2. The van der Waals surface area contributed by atoms with Gasteiger partial charge in [0.05, 0.1) is 6.33 Å². The van der Waals surface area contributed by atoms with Crippen LogP contribution >= 0.6 is 11.8 Å². The predicted octanol–water partition coefficient (Wildman–Crippen LogP) is 3.37.